The van der Waals surface area contributed by atoms with E-state index in [0.717, 1.165) is 21.9 Å². The molecule has 23 heavy (non-hydrogen) atoms. The second-order valence-electron chi connectivity index (χ2n) is 4.97. The topological polar surface area (TPSA) is 80.3 Å². The van der Waals surface area contributed by atoms with Crippen LogP contribution in [0.2, 0.25) is 0 Å². The van der Waals surface area contributed by atoms with Gasteiger partial charge in [0.25, 0.3) is 10.0 Å². The van der Waals surface area contributed by atoms with Crippen molar-refractivity contribution in [3.63, 3.8) is 0 Å². The molecule has 0 unspecified atom stereocenters. The van der Waals surface area contributed by atoms with Crippen molar-refractivity contribution in [2.24, 2.45) is 0 Å². The van der Waals surface area contributed by atoms with Crippen LogP contribution in [0.3, 0.4) is 0 Å². The summed E-state index contributed by atoms with van der Waals surface area (Å²) in [6, 6.07) is 10.4. The summed E-state index contributed by atoms with van der Waals surface area (Å²) in [5.41, 5.74) is 2.50. The molecule has 0 aliphatic carbocycles. The van der Waals surface area contributed by atoms with Gasteiger partial charge in [-0.2, -0.15) is 0 Å². The zero-order chi connectivity index (χ0) is 17.4. The third kappa shape index (κ3) is 4.63. The first-order valence-electron chi connectivity index (χ1n) is 6.29. The average molecular weight is 483 g/mol. The van der Waals surface area contributed by atoms with E-state index < -0.39 is 20.0 Å². The summed E-state index contributed by atoms with van der Waals surface area (Å²) in [5, 5.41) is 0. The molecule has 0 aliphatic heterocycles. The normalized spacial score (nSPS) is 12.3. The highest BCUT2D eigenvalue weighted by atomic mass is 79.9. The first-order chi connectivity index (χ1) is 10.5. The van der Waals surface area contributed by atoms with Gasteiger partial charge in [0.2, 0.25) is 10.0 Å². The Kier molecular flexibility index (Phi) is 5.37. The van der Waals surface area contributed by atoms with Gasteiger partial charge < -0.3 is 0 Å². The molecule has 0 atom stereocenters. The summed E-state index contributed by atoms with van der Waals surface area (Å²) >= 11 is 6.56. The number of sulfonamides is 2. The van der Waals surface area contributed by atoms with Gasteiger partial charge in [0.15, 0.2) is 0 Å². The van der Waals surface area contributed by atoms with Gasteiger partial charge in [-0.25, -0.2) is 16.8 Å². The van der Waals surface area contributed by atoms with Crippen molar-refractivity contribution in [3.8, 4) is 11.1 Å². The summed E-state index contributed by atoms with van der Waals surface area (Å²) in [5.74, 6) is 0. The number of rotatable bonds is 4. The molecule has 124 valence electrons. The maximum Gasteiger partial charge on any atom is 0.254 e. The first kappa shape index (κ1) is 18.6. The van der Waals surface area contributed by atoms with Crippen LogP contribution >= 0.6 is 31.9 Å². The maximum atomic E-state index is 12.2. The van der Waals surface area contributed by atoms with Crippen LogP contribution < -0.4 is 4.13 Å². The van der Waals surface area contributed by atoms with Crippen molar-refractivity contribution in [1.82, 2.24) is 4.13 Å². The SMILES string of the molecule is Cc1cc(-c2ccc(Br)c(S(=O)(=O)NS(C)(=O)=O)c2)ccc1Br. The minimum absolute atomic E-state index is 0.138. The first-order valence-corrected chi connectivity index (χ1v) is 11.3. The lowest BCUT2D eigenvalue weighted by atomic mass is 10.0. The van der Waals surface area contributed by atoms with Gasteiger partial charge in [-0.15, -0.1) is 4.13 Å². The van der Waals surface area contributed by atoms with E-state index in [-0.39, 0.29) is 9.37 Å². The minimum atomic E-state index is -4.19. The Labute approximate surface area is 152 Å². The number of aryl methyl sites for hydroxylation is 1. The largest absolute Gasteiger partial charge is 0.254 e. The standard InChI is InChI=1S/C14H13Br2NO4S2/c1-9-7-10(3-5-12(9)15)11-4-6-13(16)14(8-11)23(20,21)17-22(2,18)19/h3-8,17H,1-2H3. The molecular formula is C14H13Br2NO4S2. The molecule has 0 aliphatic rings. The predicted molar refractivity (Wildman–Crippen MR) is 97.2 cm³/mol. The van der Waals surface area contributed by atoms with Crippen molar-refractivity contribution in [1.29, 1.82) is 0 Å². The van der Waals surface area contributed by atoms with E-state index in [2.05, 4.69) is 31.9 Å². The third-order valence-corrected chi connectivity index (χ3v) is 7.82. The second-order valence-corrected chi connectivity index (χ2v) is 10.3. The maximum absolute atomic E-state index is 12.2. The average Bonchev–Trinajstić information content (AvgIpc) is 2.39. The number of hydrogen-bond acceptors (Lipinski definition) is 4. The van der Waals surface area contributed by atoms with Crippen LogP contribution in [-0.2, 0) is 20.0 Å². The number of benzene rings is 2. The van der Waals surface area contributed by atoms with E-state index in [0.29, 0.717) is 5.56 Å². The fourth-order valence-corrected chi connectivity index (χ4v) is 5.65. The molecule has 2 rings (SSSR count). The Morgan fingerprint density at radius 2 is 1.39 bits per heavy atom. The van der Waals surface area contributed by atoms with E-state index >= 15 is 0 Å². The number of nitrogens with one attached hydrogen (secondary N) is 1. The lowest BCUT2D eigenvalue weighted by Crippen LogP contribution is -2.29. The predicted octanol–water partition coefficient (Wildman–Crippen LogP) is 3.42. The molecule has 2 aromatic carbocycles. The van der Waals surface area contributed by atoms with Gasteiger partial charge in [-0.3, -0.25) is 0 Å². The molecule has 0 saturated heterocycles. The molecule has 0 spiro atoms. The molecule has 1 N–H and O–H groups in total. The van der Waals surface area contributed by atoms with Gasteiger partial charge in [0.05, 0.1) is 11.2 Å². The van der Waals surface area contributed by atoms with Gasteiger partial charge >= 0.3 is 0 Å². The lowest BCUT2D eigenvalue weighted by Gasteiger charge is -2.10. The highest BCUT2D eigenvalue weighted by Gasteiger charge is 2.22. The molecular weight excluding hydrogens is 470 g/mol. The van der Waals surface area contributed by atoms with Crippen LogP contribution in [-0.4, -0.2) is 23.1 Å². The smallest absolute Gasteiger partial charge is 0.212 e. The van der Waals surface area contributed by atoms with Crippen LogP contribution in [0.15, 0.2) is 50.2 Å². The summed E-state index contributed by atoms with van der Waals surface area (Å²) in [6.07, 6.45) is 0.792. The van der Waals surface area contributed by atoms with Crippen molar-refractivity contribution in [3.05, 3.63) is 50.9 Å². The van der Waals surface area contributed by atoms with Crippen LogP contribution in [0.25, 0.3) is 11.1 Å². The molecule has 0 radical (unpaired) electrons. The van der Waals surface area contributed by atoms with Crippen molar-refractivity contribution >= 4 is 51.9 Å². The van der Waals surface area contributed by atoms with Crippen molar-refractivity contribution in [2.45, 2.75) is 11.8 Å². The zero-order valence-corrected chi connectivity index (χ0v) is 17.0. The summed E-state index contributed by atoms with van der Waals surface area (Å²) < 4.78 is 49.9. The van der Waals surface area contributed by atoms with E-state index in [4.69, 9.17) is 0 Å². The molecule has 5 nitrogen and oxygen atoms in total. The molecule has 0 saturated carbocycles. The fourth-order valence-electron chi connectivity index (χ4n) is 1.96. The highest BCUT2D eigenvalue weighted by molar-refractivity contribution is 9.10. The highest BCUT2D eigenvalue weighted by Crippen LogP contribution is 2.30. The number of hydrogen-bond donors (Lipinski definition) is 1. The second kappa shape index (κ2) is 6.64. The van der Waals surface area contributed by atoms with E-state index in [1.165, 1.54) is 6.07 Å². The molecule has 0 fully saturated rings. The van der Waals surface area contributed by atoms with Gasteiger partial charge in [0.1, 0.15) is 0 Å². The Morgan fingerprint density at radius 3 is 1.91 bits per heavy atom. The summed E-state index contributed by atoms with van der Waals surface area (Å²) in [7, 11) is -8.09. The van der Waals surface area contributed by atoms with Crippen LogP contribution in [0.4, 0.5) is 0 Å². The Hall–Kier alpha value is -0.740. The molecule has 0 heterocycles. The van der Waals surface area contributed by atoms with Gasteiger partial charge in [0, 0.05) is 8.95 Å². The Balaban J connectivity index is 2.57. The van der Waals surface area contributed by atoms with Crippen molar-refractivity contribution < 1.29 is 16.8 Å². The fraction of sp³-hybridized carbons (Fsp3) is 0.143. The molecule has 2 aromatic rings. The zero-order valence-electron chi connectivity index (χ0n) is 12.2. The number of halogens is 2. The molecule has 0 aromatic heterocycles. The van der Waals surface area contributed by atoms with Crippen LogP contribution in [0.5, 0.6) is 0 Å². The van der Waals surface area contributed by atoms with Crippen LogP contribution in [0, 0.1) is 6.92 Å². The quantitative estimate of drug-likeness (QED) is 0.723. The van der Waals surface area contributed by atoms with Gasteiger partial charge in [-0.1, -0.05) is 34.1 Å². The third-order valence-electron chi connectivity index (χ3n) is 2.97. The minimum Gasteiger partial charge on any atom is -0.212 e. The summed E-state index contributed by atoms with van der Waals surface area (Å²) in [6.45, 7) is 1.93. The van der Waals surface area contributed by atoms with Crippen LogP contribution in [0.1, 0.15) is 5.56 Å². The Morgan fingerprint density at radius 1 is 0.870 bits per heavy atom. The van der Waals surface area contributed by atoms with Gasteiger partial charge in [-0.05, 0) is 57.7 Å². The van der Waals surface area contributed by atoms with Crippen molar-refractivity contribution in [2.75, 3.05) is 6.26 Å². The van der Waals surface area contributed by atoms with E-state index in [1.54, 1.807) is 16.3 Å². The monoisotopic (exact) mass is 481 g/mol. The lowest BCUT2D eigenvalue weighted by molar-refractivity contribution is 0.580. The molecule has 0 amide bonds. The van der Waals surface area contributed by atoms with E-state index in [1.807, 2.05) is 25.1 Å². The summed E-state index contributed by atoms with van der Waals surface area (Å²) in [4.78, 5) is -0.138. The van der Waals surface area contributed by atoms with E-state index in [9.17, 15) is 16.8 Å². The molecule has 9 heteroatoms. The Bertz CT molecular complexity index is 970. The molecule has 0 bridgehead atoms.